The van der Waals surface area contributed by atoms with Crippen LogP contribution in [0.15, 0.2) is 0 Å². The van der Waals surface area contributed by atoms with Crippen molar-refractivity contribution in [2.24, 2.45) is 17.7 Å². The fourth-order valence-electron chi connectivity index (χ4n) is 1.71. The average molecular weight is 213 g/mol. The molecule has 1 rings (SSSR count). The van der Waals surface area contributed by atoms with E-state index in [0.29, 0.717) is 6.04 Å². The predicted molar refractivity (Wildman–Crippen MR) is 60.9 cm³/mol. The lowest BCUT2D eigenvalue weighted by Crippen LogP contribution is -2.43. The van der Waals surface area contributed by atoms with Crippen LogP contribution in [-0.2, 0) is 4.79 Å². The van der Waals surface area contributed by atoms with Gasteiger partial charge in [0.25, 0.3) is 0 Å². The number of hydrazine groups is 1. The summed E-state index contributed by atoms with van der Waals surface area (Å²) in [6, 6.07) is 0.499. The molecule has 1 amide bonds. The maximum absolute atomic E-state index is 11.3. The molecule has 0 radical (unpaired) electrons. The molecule has 1 unspecified atom stereocenters. The van der Waals surface area contributed by atoms with Crippen LogP contribution in [0.5, 0.6) is 0 Å². The quantitative estimate of drug-likeness (QED) is 0.388. The first kappa shape index (κ1) is 12.5. The summed E-state index contributed by atoms with van der Waals surface area (Å²) in [5.41, 5.74) is 2.21. The molecule has 1 aliphatic rings. The van der Waals surface area contributed by atoms with E-state index in [2.05, 4.69) is 24.2 Å². The lowest BCUT2D eigenvalue weighted by atomic mass is 10.1. The predicted octanol–water partition coefficient (Wildman–Crippen LogP) is 0.733. The van der Waals surface area contributed by atoms with Crippen molar-refractivity contribution in [3.63, 3.8) is 0 Å². The molecule has 4 heteroatoms. The fraction of sp³-hybridized carbons (Fsp3) is 0.909. The standard InChI is InChI=1S/C11H23N3O/c1-8(2)14(7-10-4-5-10)6-9(3)11(15)13-12/h8-10H,4-7,12H2,1-3H3,(H,13,15). The second kappa shape index (κ2) is 5.47. The maximum atomic E-state index is 11.3. The van der Waals surface area contributed by atoms with E-state index in [1.54, 1.807) is 0 Å². The Balaban J connectivity index is 2.38. The minimum atomic E-state index is -0.0727. The van der Waals surface area contributed by atoms with Crippen LogP contribution in [0.25, 0.3) is 0 Å². The normalized spacial score (nSPS) is 18.3. The smallest absolute Gasteiger partial charge is 0.237 e. The van der Waals surface area contributed by atoms with Gasteiger partial charge in [-0.2, -0.15) is 0 Å². The van der Waals surface area contributed by atoms with Crippen LogP contribution in [0.1, 0.15) is 33.6 Å². The van der Waals surface area contributed by atoms with Crippen LogP contribution < -0.4 is 11.3 Å². The number of nitrogens with two attached hydrogens (primary N) is 1. The summed E-state index contributed by atoms with van der Waals surface area (Å²) in [5.74, 6) is 5.88. The van der Waals surface area contributed by atoms with Crippen LogP contribution in [0, 0.1) is 11.8 Å². The van der Waals surface area contributed by atoms with Crippen LogP contribution in [0.4, 0.5) is 0 Å². The van der Waals surface area contributed by atoms with Crippen molar-refractivity contribution < 1.29 is 4.79 Å². The Hall–Kier alpha value is -0.610. The molecule has 88 valence electrons. The Morgan fingerprint density at radius 2 is 2.07 bits per heavy atom. The molecule has 4 nitrogen and oxygen atoms in total. The van der Waals surface area contributed by atoms with Gasteiger partial charge < -0.3 is 0 Å². The number of amides is 1. The molecule has 0 spiro atoms. The van der Waals surface area contributed by atoms with E-state index in [4.69, 9.17) is 5.84 Å². The summed E-state index contributed by atoms with van der Waals surface area (Å²) < 4.78 is 0. The number of carbonyl (C=O) groups excluding carboxylic acids is 1. The number of nitrogens with one attached hydrogen (secondary N) is 1. The van der Waals surface area contributed by atoms with Crippen LogP contribution in [0.2, 0.25) is 0 Å². The van der Waals surface area contributed by atoms with Crippen molar-refractivity contribution in [3.8, 4) is 0 Å². The summed E-state index contributed by atoms with van der Waals surface area (Å²) in [6.07, 6.45) is 2.70. The highest BCUT2D eigenvalue weighted by atomic mass is 16.2. The topological polar surface area (TPSA) is 58.4 Å². The largest absolute Gasteiger partial charge is 0.300 e. The Labute approximate surface area is 92.2 Å². The van der Waals surface area contributed by atoms with Crippen molar-refractivity contribution in [1.29, 1.82) is 0 Å². The maximum Gasteiger partial charge on any atom is 0.237 e. The number of carbonyl (C=O) groups is 1. The van der Waals surface area contributed by atoms with Gasteiger partial charge >= 0.3 is 0 Å². The molecular formula is C11H23N3O. The second-order valence-corrected chi connectivity index (χ2v) is 4.90. The SMILES string of the molecule is CC(CN(CC1CC1)C(C)C)C(=O)NN. The van der Waals surface area contributed by atoms with Gasteiger partial charge in [0.15, 0.2) is 0 Å². The number of rotatable bonds is 6. The van der Waals surface area contributed by atoms with Gasteiger partial charge in [-0.25, -0.2) is 5.84 Å². The van der Waals surface area contributed by atoms with E-state index in [1.807, 2.05) is 6.92 Å². The first-order valence-electron chi connectivity index (χ1n) is 5.79. The van der Waals surface area contributed by atoms with Crippen molar-refractivity contribution >= 4 is 5.91 Å². The van der Waals surface area contributed by atoms with Gasteiger partial charge in [0, 0.05) is 25.0 Å². The zero-order chi connectivity index (χ0) is 11.4. The zero-order valence-electron chi connectivity index (χ0n) is 9.99. The molecule has 3 N–H and O–H groups in total. The summed E-state index contributed by atoms with van der Waals surface area (Å²) >= 11 is 0. The van der Waals surface area contributed by atoms with Crippen LogP contribution in [-0.4, -0.2) is 29.9 Å². The molecule has 0 saturated heterocycles. The van der Waals surface area contributed by atoms with Gasteiger partial charge in [0.2, 0.25) is 5.91 Å². The number of hydrogen-bond acceptors (Lipinski definition) is 3. The van der Waals surface area contributed by atoms with Gasteiger partial charge in [-0.15, -0.1) is 0 Å². The van der Waals surface area contributed by atoms with Gasteiger partial charge in [0.05, 0.1) is 0 Å². The van der Waals surface area contributed by atoms with Crippen molar-refractivity contribution in [2.45, 2.75) is 39.7 Å². The monoisotopic (exact) mass is 213 g/mol. The minimum Gasteiger partial charge on any atom is -0.300 e. The molecule has 0 heterocycles. The molecule has 1 atom stereocenters. The molecule has 0 bridgehead atoms. The van der Waals surface area contributed by atoms with E-state index in [9.17, 15) is 4.79 Å². The molecule has 1 aliphatic carbocycles. The molecule has 0 aromatic rings. The Bertz CT molecular complexity index is 214. The highest BCUT2D eigenvalue weighted by Crippen LogP contribution is 2.30. The lowest BCUT2D eigenvalue weighted by Gasteiger charge is -2.28. The molecule has 0 aromatic heterocycles. The van der Waals surface area contributed by atoms with Crippen LogP contribution in [0.3, 0.4) is 0 Å². The second-order valence-electron chi connectivity index (χ2n) is 4.90. The zero-order valence-corrected chi connectivity index (χ0v) is 9.99. The van der Waals surface area contributed by atoms with Gasteiger partial charge in [-0.3, -0.25) is 15.1 Å². The Morgan fingerprint density at radius 3 is 2.47 bits per heavy atom. The number of nitrogens with zero attached hydrogens (tertiary/aromatic N) is 1. The summed E-state index contributed by atoms with van der Waals surface area (Å²) in [4.78, 5) is 13.7. The van der Waals surface area contributed by atoms with Crippen LogP contribution >= 0.6 is 0 Å². The van der Waals surface area contributed by atoms with Crippen molar-refractivity contribution in [1.82, 2.24) is 10.3 Å². The lowest BCUT2D eigenvalue weighted by molar-refractivity contribution is -0.125. The first-order chi connectivity index (χ1) is 7.04. The third kappa shape index (κ3) is 4.18. The average Bonchev–Trinajstić information content (AvgIpc) is 2.99. The molecule has 1 saturated carbocycles. The Morgan fingerprint density at radius 1 is 1.47 bits per heavy atom. The molecule has 1 fully saturated rings. The van der Waals surface area contributed by atoms with E-state index < -0.39 is 0 Å². The van der Waals surface area contributed by atoms with Gasteiger partial charge in [0.1, 0.15) is 0 Å². The minimum absolute atomic E-state index is 0.0313. The third-order valence-electron chi connectivity index (χ3n) is 3.02. The molecular weight excluding hydrogens is 190 g/mol. The summed E-state index contributed by atoms with van der Waals surface area (Å²) in [5, 5.41) is 0. The van der Waals surface area contributed by atoms with Crippen molar-refractivity contribution in [3.05, 3.63) is 0 Å². The molecule has 0 aromatic carbocycles. The Kier molecular flexibility index (Phi) is 4.54. The summed E-state index contributed by atoms with van der Waals surface area (Å²) in [6.45, 7) is 8.20. The highest BCUT2D eigenvalue weighted by molar-refractivity contribution is 5.77. The summed E-state index contributed by atoms with van der Waals surface area (Å²) in [7, 11) is 0. The number of hydrogen-bond donors (Lipinski definition) is 2. The third-order valence-corrected chi connectivity index (χ3v) is 3.02. The van der Waals surface area contributed by atoms with Crippen molar-refractivity contribution in [2.75, 3.05) is 13.1 Å². The van der Waals surface area contributed by atoms with E-state index >= 15 is 0 Å². The van der Waals surface area contributed by atoms with E-state index in [0.717, 1.165) is 19.0 Å². The first-order valence-corrected chi connectivity index (χ1v) is 5.79. The van der Waals surface area contributed by atoms with Gasteiger partial charge in [-0.1, -0.05) is 6.92 Å². The van der Waals surface area contributed by atoms with Gasteiger partial charge in [-0.05, 0) is 32.6 Å². The van der Waals surface area contributed by atoms with E-state index in [-0.39, 0.29) is 11.8 Å². The highest BCUT2D eigenvalue weighted by Gasteiger charge is 2.27. The fourth-order valence-corrected chi connectivity index (χ4v) is 1.71. The molecule has 15 heavy (non-hydrogen) atoms. The molecule has 0 aliphatic heterocycles. The van der Waals surface area contributed by atoms with E-state index in [1.165, 1.54) is 12.8 Å².